The number of guanidine groups is 1. The molecule has 3 aliphatic heterocycles. The van der Waals surface area contributed by atoms with Crippen LogP contribution in [0.3, 0.4) is 0 Å². The van der Waals surface area contributed by atoms with E-state index in [0.717, 1.165) is 32.0 Å². The van der Waals surface area contributed by atoms with Gasteiger partial charge in [-0.25, -0.2) is 5.84 Å². The van der Waals surface area contributed by atoms with Crippen molar-refractivity contribution < 1.29 is 4.74 Å². The predicted octanol–water partition coefficient (Wildman–Crippen LogP) is -0.474. The molecule has 3 rings (SSSR count). The summed E-state index contributed by atoms with van der Waals surface area (Å²) in [7, 11) is 1.71. The zero-order chi connectivity index (χ0) is 12.8. The van der Waals surface area contributed by atoms with Crippen LogP contribution >= 0.6 is 0 Å². The van der Waals surface area contributed by atoms with E-state index in [0.29, 0.717) is 12.0 Å². The van der Waals surface area contributed by atoms with Gasteiger partial charge >= 0.3 is 0 Å². The zero-order valence-electron chi connectivity index (χ0n) is 11.2. The number of aliphatic imine (C=N–C) groups is 1. The minimum Gasteiger partial charge on any atom is -0.385 e. The molecule has 18 heavy (non-hydrogen) atoms. The maximum absolute atomic E-state index is 5.51. The monoisotopic (exact) mass is 255 g/mol. The summed E-state index contributed by atoms with van der Waals surface area (Å²) in [5.74, 6) is 7.00. The second kappa shape index (κ2) is 6.92. The Morgan fingerprint density at radius 1 is 1.44 bits per heavy atom. The molecule has 6 heteroatoms. The Kier molecular flexibility index (Phi) is 5.22. The highest BCUT2D eigenvalue weighted by atomic mass is 16.5. The van der Waals surface area contributed by atoms with E-state index in [4.69, 9.17) is 10.6 Å². The number of fused-ring (bicyclic) bond motifs is 3. The first-order valence-corrected chi connectivity index (χ1v) is 6.82. The third-order valence-electron chi connectivity index (χ3n) is 3.89. The number of hydrogen-bond donors (Lipinski definition) is 3. The van der Waals surface area contributed by atoms with Gasteiger partial charge in [0.2, 0.25) is 5.96 Å². The summed E-state index contributed by atoms with van der Waals surface area (Å²) in [5, 5.41) is 3.45. The average Bonchev–Trinajstić information content (AvgIpc) is 2.43. The minimum atomic E-state index is 0.490. The summed E-state index contributed by atoms with van der Waals surface area (Å²) in [6.45, 7) is 5.09. The van der Waals surface area contributed by atoms with Crippen LogP contribution in [0.15, 0.2) is 4.99 Å². The Labute approximate surface area is 109 Å². The van der Waals surface area contributed by atoms with Gasteiger partial charge in [-0.2, -0.15) is 0 Å². The van der Waals surface area contributed by atoms with Crippen molar-refractivity contribution >= 4 is 5.96 Å². The van der Waals surface area contributed by atoms with Crippen molar-refractivity contribution in [2.75, 3.05) is 39.9 Å². The van der Waals surface area contributed by atoms with Gasteiger partial charge in [-0.15, -0.1) is 0 Å². The van der Waals surface area contributed by atoms with Gasteiger partial charge in [-0.3, -0.25) is 10.4 Å². The summed E-state index contributed by atoms with van der Waals surface area (Å²) in [4.78, 5) is 6.94. The van der Waals surface area contributed by atoms with Crippen LogP contribution in [0.25, 0.3) is 0 Å². The van der Waals surface area contributed by atoms with Gasteiger partial charge in [0.05, 0.1) is 0 Å². The van der Waals surface area contributed by atoms with E-state index in [1.54, 1.807) is 7.11 Å². The van der Waals surface area contributed by atoms with E-state index in [-0.39, 0.29) is 0 Å². The van der Waals surface area contributed by atoms with Crippen molar-refractivity contribution in [1.29, 1.82) is 0 Å². The number of nitrogens with two attached hydrogens (primary N) is 1. The van der Waals surface area contributed by atoms with Crippen LogP contribution in [0.1, 0.15) is 19.3 Å². The number of rotatable bonds is 5. The van der Waals surface area contributed by atoms with E-state index in [1.807, 2.05) is 0 Å². The van der Waals surface area contributed by atoms with E-state index in [1.165, 1.54) is 25.9 Å². The molecule has 0 amide bonds. The average molecular weight is 255 g/mol. The number of methoxy groups -OCH3 is 1. The molecular weight excluding hydrogens is 230 g/mol. The van der Waals surface area contributed by atoms with E-state index >= 15 is 0 Å². The molecule has 4 N–H and O–H groups in total. The Hall–Kier alpha value is -0.850. The zero-order valence-corrected chi connectivity index (χ0v) is 11.2. The van der Waals surface area contributed by atoms with Gasteiger partial charge in [0, 0.05) is 32.8 Å². The lowest BCUT2D eigenvalue weighted by molar-refractivity contribution is 0.0808. The minimum absolute atomic E-state index is 0.490. The Bertz CT molecular complexity index is 276. The van der Waals surface area contributed by atoms with Crippen molar-refractivity contribution in [2.24, 2.45) is 16.8 Å². The molecule has 0 aliphatic carbocycles. The number of nitrogens with one attached hydrogen (secondary N) is 2. The molecular formula is C12H25N5O. The first kappa shape index (κ1) is 13.6. The molecule has 3 heterocycles. The fourth-order valence-corrected chi connectivity index (χ4v) is 2.84. The topological polar surface area (TPSA) is 74.9 Å². The van der Waals surface area contributed by atoms with E-state index in [9.17, 15) is 0 Å². The first-order chi connectivity index (χ1) is 8.83. The number of hydrogen-bond acceptors (Lipinski definition) is 4. The smallest absolute Gasteiger partial charge is 0.205 e. The van der Waals surface area contributed by atoms with Crippen LogP contribution in [0.4, 0.5) is 0 Å². The SMILES string of the molecule is COCCCN=C(NN)NC1CN2CCC1CC2. The van der Waals surface area contributed by atoms with Gasteiger partial charge in [0.15, 0.2) is 0 Å². The van der Waals surface area contributed by atoms with Crippen molar-refractivity contribution in [2.45, 2.75) is 25.3 Å². The van der Waals surface area contributed by atoms with Gasteiger partial charge < -0.3 is 15.0 Å². The molecule has 0 aromatic rings. The molecule has 1 unspecified atom stereocenters. The van der Waals surface area contributed by atoms with Crippen LogP contribution in [0.5, 0.6) is 0 Å². The molecule has 0 aromatic heterocycles. The molecule has 1 atom stereocenters. The van der Waals surface area contributed by atoms with Gasteiger partial charge in [0.1, 0.15) is 0 Å². The van der Waals surface area contributed by atoms with Crippen molar-refractivity contribution in [3.63, 3.8) is 0 Å². The van der Waals surface area contributed by atoms with Crippen molar-refractivity contribution in [3.8, 4) is 0 Å². The normalized spacial score (nSPS) is 31.4. The Balaban J connectivity index is 1.78. The number of ether oxygens (including phenoxy) is 1. The fraction of sp³-hybridized carbons (Fsp3) is 0.917. The molecule has 6 nitrogen and oxygen atoms in total. The summed E-state index contributed by atoms with van der Waals surface area (Å²) in [6.07, 6.45) is 3.50. The fourth-order valence-electron chi connectivity index (χ4n) is 2.84. The molecule has 104 valence electrons. The number of hydrazine groups is 1. The van der Waals surface area contributed by atoms with E-state index < -0.39 is 0 Å². The van der Waals surface area contributed by atoms with E-state index in [2.05, 4.69) is 20.6 Å². The van der Waals surface area contributed by atoms with Gasteiger partial charge in [0.25, 0.3) is 0 Å². The molecule has 0 aromatic carbocycles. The Morgan fingerprint density at radius 3 is 2.78 bits per heavy atom. The molecule has 0 radical (unpaired) electrons. The standard InChI is InChI=1S/C12H25N5O/c1-18-8-2-5-14-12(16-13)15-11-9-17-6-3-10(11)4-7-17/h10-11H,2-9,13H2,1H3,(H2,14,15,16). The molecule has 0 saturated carbocycles. The summed E-state index contributed by atoms with van der Waals surface area (Å²) < 4.78 is 5.00. The molecule has 3 saturated heterocycles. The van der Waals surface area contributed by atoms with Gasteiger partial charge in [-0.05, 0) is 38.3 Å². The lowest BCUT2D eigenvalue weighted by Gasteiger charge is -2.45. The third kappa shape index (κ3) is 3.57. The van der Waals surface area contributed by atoms with Crippen LogP contribution < -0.4 is 16.6 Å². The summed E-state index contributed by atoms with van der Waals surface area (Å²) >= 11 is 0. The summed E-state index contributed by atoms with van der Waals surface area (Å²) in [6, 6.07) is 0.490. The molecule has 3 fully saturated rings. The first-order valence-electron chi connectivity index (χ1n) is 6.82. The number of piperidine rings is 3. The quantitative estimate of drug-likeness (QED) is 0.203. The molecule has 0 spiro atoms. The third-order valence-corrected chi connectivity index (χ3v) is 3.89. The largest absolute Gasteiger partial charge is 0.385 e. The maximum atomic E-state index is 5.51. The van der Waals surface area contributed by atoms with Crippen LogP contribution in [0, 0.1) is 5.92 Å². The lowest BCUT2D eigenvalue weighted by atomic mass is 9.84. The maximum Gasteiger partial charge on any atom is 0.205 e. The highest BCUT2D eigenvalue weighted by Crippen LogP contribution is 2.27. The van der Waals surface area contributed by atoms with Crippen LogP contribution in [-0.2, 0) is 4.74 Å². The number of nitrogens with zero attached hydrogens (tertiary/aromatic N) is 2. The Morgan fingerprint density at radius 2 is 2.22 bits per heavy atom. The van der Waals surface area contributed by atoms with Gasteiger partial charge in [-0.1, -0.05) is 0 Å². The molecule has 2 bridgehead atoms. The van der Waals surface area contributed by atoms with Crippen molar-refractivity contribution in [1.82, 2.24) is 15.6 Å². The van der Waals surface area contributed by atoms with Crippen LogP contribution in [0.2, 0.25) is 0 Å². The predicted molar refractivity (Wildman–Crippen MR) is 72.2 cm³/mol. The lowest BCUT2D eigenvalue weighted by Crippen LogP contribution is -2.59. The highest BCUT2D eigenvalue weighted by Gasteiger charge is 2.34. The molecule has 3 aliphatic rings. The second-order valence-electron chi connectivity index (χ2n) is 5.11. The van der Waals surface area contributed by atoms with Crippen molar-refractivity contribution in [3.05, 3.63) is 0 Å². The summed E-state index contributed by atoms with van der Waals surface area (Å²) in [5.41, 5.74) is 2.67. The highest BCUT2D eigenvalue weighted by molar-refractivity contribution is 5.79. The second-order valence-corrected chi connectivity index (χ2v) is 5.11. The van der Waals surface area contributed by atoms with Crippen LogP contribution in [-0.4, -0.2) is 56.8 Å².